The number of nitrogens with zero attached hydrogens (tertiary/aromatic N) is 2. The van der Waals surface area contributed by atoms with Crippen molar-refractivity contribution in [3.05, 3.63) is 65.9 Å². The fourth-order valence-electron chi connectivity index (χ4n) is 9.53. The van der Waals surface area contributed by atoms with Gasteiger partial charge in [0, 0.05) is 49.5 Å². The molecule has 1 aliphatic rings. The van der Waals surface area contributed by atoms with Gasteiger partial charge in [0.1, 0.15) is 54.1 Å². The van der Waals surface area contributed by atoms with Crippen molar-refractivity contribution < 1.29 is 63.3 Å². The standard InChI is InChI=1S/C56H84N14O13/c1-28(2)24-36(57)47(74)67-45(30(5)6)52(79)68-44(29(3)4)51(78)66-41(25-32-16-18-34(72)19-17-32)54(81)70-23-11-15-42(70)50(77)65-40(26-33-27-62-37-13-9-8-12-35(33)37)49(76)69-46(31(7)71)53(80)63-38(20-21-43(58)73)48(75)64-39(55(82)83)14-10-22-61-56(59)60/h8-9,12-13,16-19,27-31,36,38-42,44-46,62,71-72H,10-11,14-15,20-26,57H2,1-7H3,(H2,58,73)(H,63,80)(H,64,75)(H,65,77)(H,66,78)(H,67,74)(H,68,79)(H,69,76)(H,82,83)(H4,59,60,61). The summed E-state index contributed by atoms with van der Waals surface area (Å²) in [6, 6.07) is 0.846. The highest BCUT2D eigenvalue weighted by atomic mass is 16.4. The Hall–Kier alpha value is -8.33. The van der Waals surface area contributed by atoms with Crippen LogP contribution in [0.5, 0.6) is 5.75 Å². The molecular formula is C56H84N14O13. The molecule has 2 aromatic carbocycles. The number of benzene rings is 2. The minimum Gasteiger partial charge on any atom is -0.508 e. The minimum absolute atomic E-state index is 0.0389. The third-order valence-corrected chi connectivity index (χ3v) is 14.1. The predicted octanol–water partition coefficient (Wildman–Crippen LogP) is -1.49. The molecule has 9 amide bonds. The van der Waals surface area contributed by atoms with Crippen LogP contribution in [-0.4, -0.2) is 164 Å². The summed E-state index contributed by atoms with van der Waals surface area (Å²) >= 11 is 0. The number of H-pyrrole nitrogens is 1. The number of rotatable bonds is 32. The van der Waals surface area contributed by atoms with E-state index in [9.17, 15) is 63.3 Å². The van der Waals surface area contributed by atoms with Crippen LogP contribution in [0.1, 0.15) is 105 Å². The van der Waals surface area contributed by atoms with E-state index < -0.39 is 144 Å². The maximum absolute atomic E-state index is 14.9. The number of carboxylic acid groups (broad SMARTS) is 1. The average molecular weight is 1160 g/mol. The number of nitrogens with two attached hydrogens (primary N) is 4. The van der Waals surface area contributed by atoms with Crippen LogP contribution in [0.4, 0.5) is 0 Å². The van der Waals surface area contributed by atoms with Gasteiger partial charge in [-0.3, -0.25) is 48.1 Å². The number of aromatic hydroxyl groups is 1. The third kappa shape index (κ3) is 20.6. The number of aliphatic imine (C=N–C) groups is 1. The highest BCUT2D eigenvalue weighted by molar-refractivity contribution is 5.99. The van der Waals surface area contributed by atoms with Gasteiger partial charge in [0.2, 0.25) is 53.2 Å². The van der Waals surface area contributed by atoms with E-state index in [-0.39, 0.29) is 62.8 Å². The minimum atomic E-state index is -1.82. The largest absolute Gasteiger partial charge is 0.508 e. The second-order valence-corrected chi connectivity index (χ2v) is 22.1. The number of carboxylic acids is 1. The SMILES string of the molecule is CC(C)CC(N)C(=O)NC(C(=O)NC(C(=O)NC(Cc1ccc(O)cc1)C(=O)N1CCCC1C(=O)NC(Cc1c[nH]c2ccccc12)C(=O)NC(C(=O)NC(CCC(N)=O)C(=O)NC(CCCN=C(N)N)C(=O)O)C(C)O)C(C)C)C(C)C. The van der Waals surface area contributed by atoms with Crippen LogP contribution in [0, 0.1) is 17.8 Å². The molecule has 1 fully saturated rings. The van der Waals surface area contributed by atoms with Crippen LogP contribution in [0.2, 0.25) is 0 Å². The molecule has 0 aliphatic carbocycles. The number of amides is 9. The van der Waals surface area contributed by atoms with Gasteiger partial charge in [0.15, 0.2) is 5.96 Å². The van der Waals surface area contributed by atoms with Crippen LogP contribution in [0.3, 0.4) is 0 Å². The number of aliphatic hydroxyl groups is 1. The van der Waals surface area contributed by atoms with E-state index in [0.29, 0.717) is 34.9 Å². The van der Waals surface area contributed by atoms with E-state index in [2.05, 4.69) is 47.2 Å². The number of aromatic nitrogens is 1. The molecule has 456 valence electrons. The fraction of sp³-hybridized carbons (Fsp3) is 0.554. The molecule has 0 bridgehead atoms. The van der Waals surface area contributed by atoms with Gasteiger partial charge in [-0.25, -0.2) is 4.79 Å². The Kier molecular flexibility index (Phi) is 25.7. The lowest BCUT2D eigenvalue weighted by Crippen LogP contribution is -2.62. The number of likely N-dealkylation sites (tertiary alicyclic amines) is 1. The first-order chi connectivity index (χ1) is 39.1. The zero-order valence-corrected chi connectivity index (χ0v) is 48.1. The zero-order chi connectivity index (χ0) is 61.8. The van der Waals surface area contributed by atoms with Gasteiger partial charge in [0.25, 0.3) is 0 Å². The molecule has 2 heterocycles. The van der Waals surface area contributed by atoms with Crippen LogP contribution >= 0.6 is 0 Å². The second-order valence-electron chi connectivity index (χ2n) is 22.1. The summed E-state index contributed by atoms with van der Waals surface area (Å²) in [7, 11) is 0. The fourth-order valence-corrected chi connectivity index (χ4v) is 9.53. The molecule has 27 nitrogen and oxygen atoms in total. The van der Waals surface area contributed by atoms with Crippen molar-refractivity contribution >= 4 is 76.0 Å². The first kappa shape index (κ1) is 67.2. The molecule has 3 aromatic rings. The van der Waals surface area contributed by atoms with Crippen molar-refractivity contribution in [2.45, 2.75) is 167 Å². The summed E-state index contributed by atoms with van der Waals surface area (Å²) in [6.07, 6.45) is -0.418. The van der Waals surface area contributed by atoms with Gasteiger partial charge >= 0.3 is 5.97 Å². The Balaban J connectivity index is 1.63. The lowest BCUT2D eigenvalue weighted by Gasteiger charge is -2.32. The second kappa shape index (κ2) is 31.8. The lowest BCUT2D eigenvalue weighted by molar-refractivity contribution is -0.143. The number of aliphatic hydroxyl groups excluding tert-OH is 1. The predicted molar refractivity (Wildman–Crippen MR) is 307 cm³/mol. The Bertz CT molecular complexity index is 2780. The Morgan fingerprint density at radius 3 is 1.83 bits per heavy atom. The number of aromatic amines is 1. The number of nitrogens with one attached hydrogen (secondary N) is 8. The first-order valence-electron chi connectivity index (χ1n) is 27.8. The topological polar surface area (TPSA) is 451 Å². The van der Waals surface area contributed by atoms with Crippen LogP contribution in [-0.2, 0) is 60.8 Å². The van der Waals surface area contributed by atoms with Crippen LogP contribution < -0.4 is 60.2 Å². The molecule has 83 heavy (non-hydrogen) atoms. The summed E-state index contributed by atoms with van der Waals surface area (Å²) in [5.74, 6) is -9.98. The van der Waals surface area contributed by atoms with Crippen LogP contribution in [0.15, 0.2) is 59.7 Å². The third-order valence-electron chi connectivity index (χ3n) is 14.1. The number of phenols is 1. The van der Waals surface area contributed by atoms with Crippen molar-refractivity contribution in [2.75, 3.05) is 13.1 Å². The summed E-state index contributed by atoms with van der Waals surface area (Å²) in [5.41, 5.74) is 23.9. The van der Waals surface area contributed by atoms with E-state index in [1.165, 1.54) is 24.0 Å². The maximum Gasteiger partial charge on any atom is 0.326 e. The number of hydrogen-bond acceptors (Lipinski definition) is 14. The number of carbonyl (C=O) groups is 10. The molecule has 1 saturated heterocycles. The van der Waals surface area contributed by atoms with Gasteiger partial charge in [-0.2, -0.15) is 0 Å². The number of fused-ring (bicyclic) bond motifs is 1. The Morgan fingerprint density at radius 2 is 1.24 bits per heavy atom. The number of phenolic OH excluding ortho intramolecular Hbond substituents is 1. The smallest absolute Gasteiger partial charge is 0.326 e. The summed E-state index contributed by atoms with van der Waals surface area (Å²) in [4.78, 5) is 145. The molecule has 10 atom stereocenters. The molecule has 0 saturated carbocycles. The van der Waals surface area contributed by atoms with E-state index >= 15 is 0 Å². The molecule has 1 aliphatic heterocycles. The zero-order valence-electron chi connectivity index (χ0n) is 48.1. The molecule has 27 heteroatoms. The van der Waals surface area contributed by atoms with Gasteiger partial charge in [-0.15, -0.1) is 0 Å². The average Bonchev–Trinajstić information content (AvgIpc) is 4.28. The molecular weight excluding hydrogens is 1080 g/mol. The van der Waals surface area contributed by atoms with E-state index in [0.717, 1.165) is 0 Å². The van der Waals surface area contributed by atoms with Crippen molar-refractivity contribution in [3.8, 4) is 5.75 Å². The highest BCUT2D eigenvalue weighted by Crippen LogP contribution is 2.24. The summed E-state index contributed by atoms with van der Waals surface area (Å²) in [5, 5.41) is 49.8. The first-order valence-corrected chi connectivity index (χ1v) is 27.8. The normalized spacial score (nSPS) is 16.5. The van der Waals surface area contributed by atoms with E-state index in [1.54, 1.807) is 70.3 Å². The molecule has 0 radical (unpaired) electrons. The summed E-state index contributed by atoms with van der Waals surface area (Å²) < 4.78 is 0. The molecule has 19 N–H and O–H groups in total. The van der Waals surface area contributed by atoms with Gasteiger partial charge in [-0.05, 0) is 92.5 Å². The Morgan fingerprint density at radius 1 is 0.675 bits per heavy atom. The number of aliphatic carboxylic acids is 1. The van der Waals surface area contributed by atoms with Crippen LogP contribution in [0.25, 0.3) is 10.9 Å². The van der Waals surface area contributed by atoms with Gasteiger partial charge < -0.3 is 85.4 Å². The molecule has 1 aromatic heterocycles. The van der Waals surface area contributed by atoms with Crippen molar-refractivity contribution in [3.63, 3.8) is 0 Å². The summed E-state index contributed by atoms with van der Waals surface area (Å²) in [6.45, 7) is 11.9. The lowest BCUT2D eigenvalue weighted by atomic mass is 9.97. The molecule has 10 unspecified atom stereocenters. The van der Waals surface area contributed by atoms with Gasteiger partial charge in [0.05, 0.1) is 12.1 Å². The van der Waals surface area contributed by atoms with Gasteiger partial charge in [-0.1, -0.05) is 71.9 Å². The maximum atomic E-state index is 14.9. The highest BCUT2D eigenvalue weighted by Gasteiger charge is 2.42. The van der Waals surface area contributed by atoms with E-state index in [1.807, 2.05) is 13.8 Å². The number of para-hydroxylation sites is 1. The number of primary amides is 1. The number of guanidine groups is 1. The molecule has 4 rings (SSSR count). The monoisotopic (exact) mass is 1160 g/mol. The number of hydrogen-bond donors (Lipinski definition) is 15. The number of carbonyl (C=O) groups excluding carboxylic acids is 9. The van der Waals surface area contributed by atoms with Crippen molar-refractivity contribution in [1.82, 2.24) is 47.1 Å². The quantitative estimate of drug-likeness (QED) is 0.0192. The van der Waals surface area contributed by atoms with Crippen molar-refractivity contribution in [2.24, 2.45) is 45.7 Å². The molecule has 0 spiro atoms. The Labute approximate surface area is 482 Å². The van der Waals surface area contributed by atoms with Crippen molar-refractivity contribution in [1.29, 1.82) is 0 Å². The van der Waals surface area contributed by atoms with E-state index in [4.69, 9.17) is 22.9 Å².